The van der Waals surface area contributed by atoms with E-state index in [1.165, 1.54) is 12.1 Å². The number of hydrogen-bond acceptors (Lipinski definition) is 4. The van der Waals surface area contributed by atoms with E-state index in [9.17, 15) is 10.1 Å². The molecule has 0 radical (unpaired) electrons. The van der Waals surface area contributed by atoms with Gasteiger partial charge < -0.3 is 0 Å². The van der Waals surface area contributed by atoms with E-state index in [2.05, 4.69) is 10.5 Å². The van der Waals surface area contributed by atoms with E-state index in [1.54, 1.807) is 18.3 Å². The third kappa shape index (κ3) is 3.64. The van der Waals surface area contributed by atoms with E-state index in [-0.39, 0.29) is 5.69 Å². The van der Waals surface area contributed by atoms with E-state index in [0.717, 1.165) is 16.8 Å². The molecule has 0 aromatic heterocycles. The van der Waals surface area contributed by atoms with Crippen LogP contribution in [0.4, 0.5) is 11.4 Å². The zero-order chi connectivity index (χ0) is 13.7. The number of aryl methyl sites for hydroxylation is 1. The lowest BCUT2D eigenvalue weighted by molar-refractivity contribution is -0.384. The van der Waals surface area contributed by atoms with Gasteiger partial charge in [0.25, 0.3) is 5.69 Å². The van der Waals surface area contributed by atoms with Crippen LogP contribution in [0.5, 0.6) is 0 Å². The fourth-order valence-electron chi connectivity index (χ4n) is 1.58. The first-order valence-corrected chi connectivity index (χ1v) is 5.75. The van der Waals surface area contributed by atoms with Gasteiger partial charge in [-0.25, -0.2) is 0 Å². The van der Waals surface area contributed by atoms with E-state index >= 15 is 0 Å². The van der Waals surface area contributed by atoms with Crippen molar-refractivity contribution in [2.45, 2.75) is 6.92 Å². The quantitative estimate of drug-likeness (QED) is 0.517. The number of non-ortho nitro benzene ring substituents is 1. The summed E-state index contributed by atoms with van der Waals surface area (Å²) in [5.41, 5.74) is 5.83. The van der Waals surface area contributed by atoms with Crippen LogP contribution in [-0.4, -0.2) is 11.1 Å². The Kier molecular flexibility index (Phi) is 3.87. The minimum atomic E-state index is -0.425. The van der Waals surface area contributed by atoms with Gasteiger partial charge in [-0.2, -0.15) is 5.10 Å². The molecule has 2 aromatic rings. The maximum atomic E-state index is 10.5. The highest BCUT2D eigenvalue weighted by Crippen LogP contribution is 2.11. The molecule has 0 saturated carbocycles. The molecule has 0 heterocycles. The summed E-state index contributed by atoms with van der Waals surface area (Å²) in [5, 5.41) is 14.6. The van der Waals surface area contributed by atoms with Gasteiger partial charge in [-0.3, -0.25) is 15.5 Å². The number of nitro groups is 1. The molecule has 0 atom stereocenters. The minimum absolute atomic E-state index is 0.0730. The third-order valence-electron chi connectivity index (χ3n) is 2.53. The lowest BCUT2D eigenvalue weighted by atomic mass is 10.2. The first kappa shape index (κ1) is 12.8. The summed E-state index contributed by atoms with van der Waals surface area (Å²) in [7, 11) is 0. The van der Waals surface area contributed by atoms with Crippen LogP contribution < -0.4 is 5.43 Å². The van der Waals surface area contributed by atoms with E-state index < -0.39 is 4.92 Å². The Morgan fingerprint density at radius 1 is 1.21 bits per heavy atom. The predicted molar refractivity (Wildman–Crippen MR) is 75.5 cm³/mol. The molecule has 0 aliphatic carbocycles. The molecule has 0 amide bonds. The molecule has 5 nitrogen and oxygen atoms in total. The van der Waals surface area contributed by atoms with E-state index in [4.69, 9.17) is 0 Å². The molecule has 0 fully saturated rings. The van der Waals surface area contributed by atoms with Gasteiger partial charge in [0.2, 0.25) is 0 Å². The van der Waals surface area contributed by atoms with Gasteiger partial charge in [0.1, 0.15) is 0 Å². The van der Waals surface area contributed by atoms with Crippen molar-refractivity contribution in [1.82, 2.24) is 0 Å². The van der Waals surface area contributed by atoms with E-state index in [1.807, 2.05) is 31.2 Å². The van der Waals surface area contributed by atoms with E-state index in [0.29, 0.717) is 0 Å². The number of anilines is 1. The zero-order valence-corrected chi connectivity index (χ0v) is 10.4. The molecular weight excluding hydrogens is 242 g/mol. The molecule has 0 aliphatic rings. The molecule has 0 saturated heterocycles. The van der Waals surface area contributed by atoms with Crippen molar-refractivity contribution < 1.29 is 4.92 Å². The lowest BCUT2D eigenvalue weighted by Crippen LogP contribution is -1.92. The second-order valence-electron chi connectivity index (χ2n) is 4.09. The van der Waals surface area contributed by atoms with Crippen LogP contribution in [0.2, 0.25) is 0 Å². The smallest absolute Gasteiger partial charge is 0.269 e. The van der Waals surface area contributed by atoms with Crippen LogP contribution in [0.25, 0.3) is 0 Å². The van der Waals surface area contributed by atoms with Gasteiger partial charge in [0.05, 0.1) is 16.8 Å². The average Bonchev–Trinajstić information content (AvgIpc) is 2.39. The second kappa shape index (κ2) is 5.77. The Labute approximate surface area is 110 Å². The van der Waals surface area contributed by atoms with Crippen molar-refractivity contribution >= 4 is 17.6 Å². The molecule has 0 bridgehead atoms. The molecule has 19 heavy (non-hydrogen) atoms. The van der Waals surface area contributed by atoms with Crippen molar-refractivity contribution in [3.05, 3.63) is 69.8 Å². The van der Waals surface area contributed by atoms with Gasteiger partial charge in [-0.1, -0.05) is 12.1 Å². The van der Waals surface area contributed by atoms with Crippen LogP contribution in [0.3, 0.4) is 0 Å². The largest absolute Gasteiger partial charge is 0.278 e. The van der Waals surface area contributed by atoms with Gasteiger partial charge in [0.15, 0.2) is 0 Å². The summed E-state index contributed by atoms with van der Waals surface area (Å²) in [4.78, 5) is 10.1. The Morgan fingerprint density at radius 3 is 2.58 bits per heavy atom. The highest BCUT2D eigenvalue weighted by atomic mass is 16.6. The number of nitro benzene ring substituents is 1. The van der Waals surface area contributed by atoms with Crippen molar-refractivity contribution in [2.75, 3.05) is 5.43 Å². The summed E-state index contributed by atoms with van der Waals surface area (Å²) >= 11 is 0. The number of nitrogens with zero attached hydrogens (tertiary/aromatic N) is 2. The van der Waals surface area contributed by atoms with Crippen LogP contribution in [0.15, 0.2) is 53.6 Å². The number of hydrogen-bond donors (Lipinski definition) is 1. The lowest BCUT2D eigenvalue weighted by Gasteiger charge is -2.00. The summed E-state index contributed by atoms with van der Waals surface area (Å²) in [5.74, 6) is 0. The highest BCUT2D eigenvalue weighted by Gasteiger charge is 2.02. The summed E-state index contributed by atoms with van der Waals surface area (Å²) in [6, 6.07) is 14.1. The van der Waals surface area contributed by atoms with Crippen LogP contribution in [0.1, 0.15) is 11.1 Å². The topological polar surface area (TPSA) is 67.5 Å². The number of hydrazone groups is 1. The maximum Gasteiger partial charge on any atom is 0.269 e. The van der Waals surface area contributed by atoms with Gasteiger partial charge in [0, 0.05) is 12.1 Å². The Hall–Kier alpha value is -2.69. The van der Waals surface area contributed by atoms with Gasteiger partial charge in [-0.15, -0.1) is 0 Å². The standard InChI is InChI=1S/C14H13N3O2/c1-11-3-2-4-13(9-11)16-15-10-12-5-7-14(8-6-12)17(18)19/h2-10,16H,1H3/b15-10-. The third-order valence-corrected chi connectivity index (χ3v) is 2.53. The fraction of sp³-hybridized carbons (Fsp3) is 0.0714. The first-order chi connectivity index (χ1) is 9.15. The van der Waals surface area contributed by atoms with Crippen molar-refractivity contribution in [1.29, 1.82) is 0 Å². The second-order valence-corrected chi connectivity index (χ2v) is 4.09. The highest BCUT2D eigenvalue weighted by molar-refractivity contribution is 5.80. The Morgan fingerprint density at radius 2 is 1.95 bits per heavy atom. The summed E-state index contributed by atoms with van der Waals surface area (Å²) < 4.78 is 0. The normalized spacial score (nSPS) is 10.6. The number of rotatable bonds is 4. The maximum absolute atomic E-state index is 10.5. The molecular formula is C14H13N3O2. The molecule has 2 rings (SSSR count). The van der Waals surface area contributed by atoms with Crippen LogP contribution in [0, 0.1) is 17.0 Å². The van der Waals surface area contributed by atoms with Gasteiger partial charge in [-0.05, 0) is 42.3 Å². The van der Waals surface area contributed by atoms with Crippen LogP contribution in [-0.2, 0) is 0 Å². The molecule has 0 spiro atoms. The van der Waals surface area contributed by atoms with Gasteiger partial charge >= 0.3 is 0 Å². The summed E-state index contributed by atoms with van der Waals surface area (Å²) in [6.07, 6.45) is 1.62. The number of benzene rings is 2. The van der Waals surface area contributed by atoms with Crippen molar-refractivity contribution in [3.8, 4) is 0 Å². The predicted octanol–water partition coefficient (Wildman–Crippen LogP) is 3.35. The molecule has 0 unspecified atom stereocenters. The molecule has 0 aliphatic heterocycles. The first-order valence-electron chi connectivity index (χ1n) is 5.75. The Bertz CT molecular complexity index is 606. The monoisotopic (exact) mass is 255 g/mol. The Balaban J connectivity index is 2.01. The zero-order valence-electron chi connectivity index (χ0n) is 10.4. The average molecular weight is 255 g/mol. The molecule has 1 N–H and O–H groups in total. The van der Waals surface area contributed by atoms with Crippen molar-refractivity contribution in [2.24, 2.45) is 5.10 Å². The fourth-order valence-corrected chi connectivity index (χ4v) is 1.58. The molecule has 96 valence electrons. The SMILES string of the molecule is Cc1cccc(N/N=C\c2ccc([N+](=O)[O-])cc2)c1. The minimum Gasteiger partial charge on any atom is -0.278 e. The molecule has 2 aromatic carbocycles. The number of nitrogens with one attached hydrogen (secondary N) is 1. The van der Waals surface area contributed by atoms with Crippen molar-refractivity contribution in [3.63, 3.8) is 0 Å². The van der Waals surface area contributed by atoms with Crippen LogP contribution >= 0.6 is 0 Å². The molecule has 5 heteroatoms. The summed E-state index contributed by atoms with van der Waals surface area (Å²) in [6.45, 7) is 2.01.